The smallest absolute Gasteiger partial charge is 0.298 e. The molecule has 0 bridgehead atoms. The predicted octanol–water partition coefficient (Wildman–Crippen LogP) is 4.75. The number of nitrogens with zero attached hydrogens (tertiary/aromatic N) is 4. The van der Waals surface area contributed by atoms with Gasteiger partial charge in [0.2, 0.25) is 11.8 Å². The van der Waals surface area contributed by atoms with Crippen molar-refractivity contribution >= 4 is 22.8 Å². The molecule has 2 N–H and O–H groups in total. The van der Waals surface area contributed by atoms with Gasteiger partial charge in [0.1, 0.15) is 5.75 Å². The maximum atomic E-state index is 12.7. The Morgan fingerprint density at radius 1 is 1.12 bits per heavy atom. The molecule has 5 rings (SSSR count). The van der Waals surface area contributed by atoms with Crippen molar-refractivity contribution in [2.75, 3.05) is 12.3 Å². The van der Waals surface area contributed by atoms with Crippen LogP contribution in [0.4, 0.5) is 5.95 Å². The minimum atomic E-state index is -0.165. The van der Waals surface area contributed by atoms with E-state index < -0.39 is 0 Å². The summed E-state index contributed by atoms with van der Waals surface area (Å²) in [7, 11) is 0. The SMILES string of the molecule is CC#CC(=O)N1CCCC1c1cc(-c2ccc(Oc3ccccn3)cc2)cc2cnc(N)nc12. The lowest BCUT2D eigenvalue weighted by molar-refractivity contribution is -0.125. The molecule has 4 aromatic rings. The highest BCUT2D eigenvalue weighted by Crippen LogP contribution is 2.38. The van der Waals surface area contributed by atoms with Gasteiger partial charge < -0.3 is 15.4 Å². The summed E-state index contributed by atoms with van der Waals surface area (Å²) < 4.78 is 5.82. The molecule has 1 aliphatic rings. The minimum Gasteiger partial charge on any atom is -0.439 e. The molecule has 0 spiro atoms. The molecule has 1 fully saturated rings. The maximum absolute atomic E-state index is 12.7. The van der Waals surface area contributed by atoms with Gasteiger partial charge in [-0.15, -0.1) is 0 Å². The summed E-state index contributed by atoms with van der Waals surface area (Å²) in [6.07, 6.45) is 5.18. The van der Waals surface area contributed by atoms with Crippen molar-refractivity contribution < 1.29 is 9.53 Å². The van der Waals surface area contributed by atoms with E-state index in [4.69, 9.17) is 10.5 Å². The van der Waals surface area contributed by atoms with Crippen molar-refractivity contribution in [2.24, 2.45) is 0 Å². The van der Waals surface area contributed by atoms with Gasteiger partial charge in [0, 0.05) is 36.0 Å². The summed E-state index contributed by atoms with van der Waals surface area (Å²) >= 11 is 0. The van der Waals surface area contributed by atoms with E-state index in [0.717, 1.165) is 40.4 Å². The summed E-state index contributed by atoms with van der Waals surface area (Å²) in [4.78, 5) is 27.4. The lowest BCUT2D eigenvalue weighted by atomic mass is 9.95. The Morgan fingerprint density at radius 3 is 2.74 bits per heavy atom. The zero-order valence-corrected chi connectivity index (χ0v) is 18.7. The Balaban J connectivity index is 1.54. The topological polar surface area (TPSA) is 94.2 Å². The minimum absolute atomic E-state index is 0.114. The van der Waals surface area contributed by atoms with Crippen LogP contribution in [-0.2, 0) is 4.79 Å². The largest absolute Gasteiger partial charge is 0.439 e. The molecule has 1 unspecified atom stereocenters. The second-order valence-corrected chi connectivity index (χ2v) is 8.06. The standard InChI is InChI=1S/C27H23N5O2/c1-2-6-25(33)32-14-5-7-23(32)22-16-19(15-20-17-30-27(28)31-26(20)22)18-9-11-21(12-10-18)34-24-8-3-4-13-29-24/h3-4,8-13,15-17,23H,5,7,14H2,1H3,(H2,28,30,31). The number of ether oxygens (including phenoxy) is 1. The fourth-order valence-electron chi connectivity index (χ4n) is 4.36. The van der Waals surface area contributed by atoms with Gasteiger partial charge in [-0.1, -0.05) is 24.1 Å². The molecule has 1 amide bonds. The van der Waals surface area contributed by atoms with E-state index >= 15 is 0 Å². The number of likely N-dealkylation sites (tertiary alicyclic amines) is 1. The van der Waals surface area contributed by atoms with Gasteiger partial charge >= 0.3 is 0 Å². The Kier molecular flexibility index (Phi) is 5.79. The van der Waals surface area contributed by atoms with Crippen LogP contribution in [0.3, 0.4) is 0 Å². The van der Waals surface area contributed by atoms with Crippen molar-refractivity contribution in [3.05, 3.63) is 72.6 Å². The van der Waals surface area contributed by atoms with Crippen LogP contribution in [0.25, 0.3) is 22.0 Å². The average Bonchev–Trinajstić information content (AvgIpc) is 3.35. The summed E-state index contributed by atoms with van der Waals surface area (Å²) in [5.74, 6) is 6.68. The van der Waals surface area contributed by atoms with E-state index in [1.807, 2.05) is 53.4 Å². The van der Waals surface area contributed by atoms with Crippen LogP contribution in [0.1, 0.15) is 31.4 Å². The van der Waals surface area contributed by atoms with E-state index in [-0.39, 0.29) is 17.9 Å². The molecule has 1 saturated heterocycles. The molecular weight excluding hydrogens is 426 g/mol. The number of hydrogen-bond acceptors (Lipinski definition) is 6. The molecule has 2 aromatic carbocycles. The van der Waals surface area contributed by atoms with Crippen molar-refractivity contribution in [2.45, 2.75) is 25.8 Å². The molecule has 0 radical (unpaired) electrons. The van der Waals surface area contributed by atoms with E-state index in [9.17, 15) is 4.79 Å². The number of fused-ring (bicyclic) bond motifs is 1. The molecule has 7 nitrogen and oxygen atoms in total. The highest BCUT2D eigenvalue weighted by molar-refractivity contribution is 5.95. The molecule has 3 heterocycles. The summed E-state index contributed by atoms with van der Waals surface area (Å²) in [6.45, 7) is 2.35. The molecular formula is C27H23N5O2. The highest BCUT2D eigenvalue weighted by Gasteiger charge is 2.31. The number of pyridine rings is 1. The Bertz CT molecular complexity index is 1410. The van der Waals surface area contributed by atoms with E-state index in [1.54, 1.807) is 19.3 Å². The predicted molar refractivity (Wildman–Crippen MR) is 131 cm³/mol. The maximum Gasteiger partial charge on any atom is 0.298 e. The first-order valence-corrected chi connectivity index (χ1v) is 11.1. The van der Waals surface area contributed by atoms with E-state index in [0.29, 0.717) is 18.2 Å². The molecule has 1 aliphatic heterocycles. The summed E-state index contributed by atoms with van der Waals surface area (Å²) in [5, 5.41) is 0.872. The molecule has 168 valence electrons. The number of rotatable bonds is 4. The number of hydrogen-bond donors (Lipinski definition) is 1. The van der Waals surface area contributed by atoms with Gasteiger partial charge in [-0.25, -0.2) is 15.0 Å². The fraction of sp³-hybridized carbons (Fsp3) is 0.185. The number of nitrogen functional groups attached to an aromatic ring is 1. The van der Waals surface area contributed by atoms with E-state index in [2.05, 4.69) is 32.9 Å². The normalized spacial score (nSPS) is 15.1. The van der Waals surface area contributed by atoms with Crippen molar-refractivity contribution in [3.63, 3.8) is 0 Å². The highest BCUT2D eigenvalue weighted by atomic mass is 16.5. The first-order valence-electron chi connectivity index (χ1n) is 11.1. The molecule has 1 atom stereocenters. The van der Waals surface area contributed by atoms with Gasteiger partial charge in [0.25, 0.3) is 5.91 Å². The average molecular weight is 450 g/mol. The van der Waals surface area contributed by atoms with Crippen LogP contribution in [0, 0.1) is 11.8 Å². The van der Waals surface area contributed by atoms with E-state index in [1.165, 1.54) is 0 Å². The number of carbonyl (C=O) groups excluding carboxylic acids is 1. The second-order valence-electron chi connectivity index (χ2n) is 8.06. The molecule has 2 aromatic heterocycles. The Labute approximate surface area is 197 Å². The van der Waals surface area contributed by atoms with Crippen molar-refractivity contribution in [1.29, 1.82) is 0 Å². The van der Waals surface area contributed by atoms with Gasteiger partial charge in [0.05, 0.1) is 11.6 Å². The number of nitrogens with two attached hydrogens (primary N) is 1. The van der Waals surface area contributed by atoms with Crippen LogP contribution in [-0.4, -0.2) is 32.3 Å². The number of anilines is 1. The quantitative estimate of drug-likeness (QED) is 0.452. The van der Waals surface area contributed by atoms with Crippen molar-refractivity contribution in [1.82, 2.24) is 19.9 Å². The third-order valence-corrected chi connectivity index (χ3v) is 5.88. The van der Waals surface area contributed by atoms with Gasteiger partial charge in [-0.3, -0.25) is 4.79 Å². The number of benzene rings is 2. The lowest BCUT2D eigenvalue weighted by Crippen LogP contribution is -2.29. The molecule has 34 heavy (non-hydrogen) atoms. The second kappa shape index (κ2) is 9.20. The van der Waals surface area contributed by atoms with Gasteiger partial charge in [-0.05, 0) is 67.1 Å². The third-order valence-electron chi connectivity index (χ3n) is 5.88. The first-order chi connectivity index (χ1) is 16.6. The lowest BCUT2D eigenvalue weighted by Gasteiger charge is -2.24. The molecule has 0 aliphatic carbocycles. The monoisotopic (exact) mass is 449 g/mol. The number of carbonyl (C=O) groups is 1. The fourth-order valence-corrected chi connectivity index (χ4v) is 4.36. The van der Waals surface area contributed by atoms with Crippen molar-refractivity contribution in [3.8, 4) is 34.6 Å². The van der Waals surface area contributed by atoms with Crippen LogP contribution < -0.4 is 10.5 Å². The van der Waals surface area contributed by atoms with Crippen LogP contribution in [0.15, 0.2) is 67.0 Å². The van der Waals surface area contributed by atoms with Crippen LogP contribution >= 0.6 is 0 Å². The zero-order valence-electron chi connectivity index (χ0n) is 18.7. The summed E-state index contributed by atoms with van der Waals surface area (Å²) in [5.41, 5.74) is 9.65. The van der Waals surface area contributed by atoms with Crippen LogP contribution in [0.5, 0.6) is 11.6 Å². The van der Waals surface area contributed by atoms with Gasteiger partial charge in [-0.2, -0.15) is 0 Å². The number of amides is 1. The first kappa shape index (κ1) is 21.4. The molecule has 7 heteroatoms. The van der Waals surface area contributed by atoms with Crippen LogP contribution in [0.2, 0.25) is 0 Å². The zero-order chi connectivity index (χ0) is 23.5. The Morgan fingerprint density at radius 2 is 1.97 bits per heavy atom. The number of aromatic nitrogens is 3. The Hall–Kier alpha value is -4.44. The van der Waals surface area contributed by atoms with Gasteiger partial charge in [0.15, 0.2) is 0 Å². The molecule has 0 saturated carbocycles. The third kappa shape index (κ3) is 4.26. The summed E-state index contributed by atoms with van der Waals surface area (Å²) in [6, 6.07) is 17.4.